The van der Waals surface area contributed by atoms with Crippen molar-refractivity contribution in [1.29, 1.82) is 0 Å². The van der Waals surface area contributed by atoms with Crippen LogP contribution < -0.4 is 20.7 Å². The Balaban J connectivity index is 1.85. The summed E-state index contributed by atoms with van der Waals surface area (Å²) in [7, 11) is -3.63. The Labute approximate surface area is 171 Å². The van der Waals surface area contributed by atoms with Gasteiger partial charge in [-0.3, -0.25) is 4.79 Å². The number of carbonyl (C=O) groups is 2. The van der Waals surface area contributed by atoms with Crippen LogP contribution in [0.4, 0.5) is 10.5 Å². The monoisotopic (exact) mass is 418 g/mol. The number of hydrogen-bond acceptors (Lipinski definition) is 4. The molecule has 0 atom stereocenters. The predicted octanol–water partition coefficient (Wildman–Crippen LogP) is 2.23. The molecule has 0 aliphatic heterocycles. The van der Waals surface area contributed by atoms with Crippen LogP contribution in [-0.4, -0.2) is 39.5 Å². The maximum atomic E-state index is 12.3. The van der Waals surface area contributed by atoms with Gasteiger partial charge in [-0.2, -0.15) is 0 Å². The summed E-state index contributed by atoms with van der Waals surface area (Å²) in [6.45, 7) is 5.74. The third-order valence-corrected chi connectivity index (χ3v) is 5.31. The van der Waals surface area contributed by atoms with E-state index in [-0.39, 0.29) is 36.0 Å². The minimum atomic E-state index is -3.63. The van der Waals surface area contributed by atoms with Gasteiger partial charge in [0.15, 0.2) is 0 Å². The van der Waals surface area contributed by atoms with Crippen molar-refractivity contribution in [2.45, 2.75) is 31.7 Å². The second-order valence-electron chi connectivity index (χ2n) is 6.80. The first-order chi connectivity index (χ1) is 13.7. The van der Waals surface area contributed by atoms with Crippen LogP contribution in [0.15, 0.2) is 53.4 Å². The van der Waals surface area contributed by atoms with Crippen molar-refractivity contribution in [3.8, 4) is 0 Å². The zero-order valence-corrected chi connectivity index (χ0v) is 17.5. The van der Waals surface area contributed by atoms with E-state index in [1.54, 1.807) is 36.4 Å². The van der Waals surface area contributed by atoms with Crippen LogP contribution in [0.25, 0.3) is 0 Å². The van der Waals surface area contributed by atoms with E-state index in [9.17, 15) is 18.0 Å². The highest BCUT2D eigenvalue weighted by atomic mass is 32.2. The third kappa shape index (κ3) is 7.20. The van der Waals surface area contributed by atoms with Gasteiger partial charge in [-0.25, -0.2) is 17.9 Å². The van der Waals surface area contributed by atoms with Crippen LogP contribution in [0.2, 0.25) is 0 Å². The van der Waals surface area contributed by atoms with Crippen molar-refractivity contribution < 1.29 is 18.0 Å². The van der Waals surface area contributed by atoms with Crippen LogP contribution in [-0.2, 0) is 10.0 Å². The molecule has 0 aliphatic carbocycles. The lowest BCUT2D eigenvalue weighted by Gasteiger charge is -2.11. The molecule has 29 heavy (non-hydrogen) atoms. The molecule has 0 unspecified atom stereocenters. The first-order valence-electron chi connectivity index (χ1n) is 9.19. The molecule has 0 aromatic heterocycles. The molecule has 0 saturated heterocycles. The Morgan fingerprint density at radius 1 is 1.00 bits per heavy atom. The summed E-state index contributed by atoms with van der Waals surface area (Å²) in [5.41, 5.74) is 1.80. The molecular weight excluding hydrogens is 392 g/mol. The van der Waals surface area contributed by atoms with Gasteiger partial charge >= 0.3 is 6.03 Å². The van der Waals surface area contributed by atoms with Gasteiger partial charge in [0.2, 0.25) is 10.0 Å². The molecule has 156 valence electrons. The first-order valence-corrected chi connectivity index (χ1v) is 10.7. The van der Waals surface area contributed by atoms with Crippen molar-refractivity contribution in [1.82, 2.24) is 15.4 Å². The fourth-order valence-corrected chi connectivity index (χ4v) is 3.46. The van der Waals surface area contributed by atoms with Gasteiger partial charge in [0.1, 0.15) is 0 Å². The van der Waals surface area contributed by atoms with Crippen molar-refractivity contribution >= 4 is 27.6 Å². The third-order valence-electron chi connectivity index (χ3n) is 3.84. The van der Waals surface area contributed by atoms with E-state index in [1.165, 1.54) is 12.1 Å². The largest absolute Gasteiger partial charge is 0.351 e. The highest BCUT2D eigenvalue weighted by Gasteiger charge is 2.13. The summed E-state index contributed by atoms with van der Waals surface area (Å²) >= 11 is 0. The molecule has 0 heterocycles. The summed E-state index contributed by atoms with van der Waals surface area (Å²) in [5.74, 6) is -0.368. The molecule has 0 fully saturated rings. The summed E-state index contributed by atoms with van der Waals surface area (Å²) < 4.78 is 26.9. The number of rotatable bonds is 8. The Bertz CT molecular complexity index is 957. The number of benzene rings is 2. The number of carbonyl (C=O) groups excluding carboxylic acids is 2. The summed E-state index contributed by atoms with van der Waals surface area (Å²) in [6.07, 6.45) is 0. The number of nitrogens with one attached hydrogen (secondary N) is 4. The zero-order chi connectivity index (χ0) is 21.4. The molecule has 2 rings (SSSR count). The van der Waals surface area contributed by atoms with Crippen molar-refractivity contribution in [3.05, 3.63) is 59.7 Å². The summed E-state index contributed by atoms with van der Waals surface area (Å²) in [4.78, 5) is 24.2. The molecular formula is C20H26N4O4S. The molecule has 0 bridgehead atoms. The molecule has 4 N–H and O–H groups in total. The fourth-order valence-electron chi connectivity index (χ4n) is 2.43. The average molecular weight is 419 g/mol. The first kappa shape index (κ1) is 22.4. The number of hydrogen-bond donors (Lipinski definition) is 4. The second kappa shape index (κ2) is 10.0. The highest BCUT2D eigenvalue weighted by Crippen LogP contribution is 2.11. The molecule has 0 spiro atoms. The lowest BCUT2D eigenvalue weighted by molar-refractivity contribution is 0.0954. The van der Waals surface area contributed by atoms with Crippen molar-refractivity contribution in [2.24, 2.45) is 0 Å². The Hall–Kier alpha value is -2.91. The van der Waals surface area contributed by atoms with E-state index in [0.717, 1.165) is 5.56 Å². The van der Waals surface area contributed by atoms with Crippen molar-refractivity contribution in [3.63, 3.8) is 0 Å². The number of sulfonamides is 1. The molecule has 9 heteroatoms. The highest BCUT2D eigenvalue weighted by molar-refractivity contribution is 7.89. The lowest BCUT2D eigenvalue weighted by Crippen LogP contribution is -2.35. The standard InChI is InChI=1S/C20H26N4O4S/c1-14(2)23-20(26)24-17-6-4-5-16(13-17)19(25)21-11-12-22-29(27,28)18-9-7-15(3)8-10-18/h4-10,13-14,22H,11-12H2,1-3H3,(H,21,25)(H2,23,24,26). The van der Waals surface area contributed by atoms with Gasteiger partial charge in [-0.05, 0) is 51.1 Å². The SMILES string of the molecule is Cc1ccc(S(=O)(=O)NCCNC(=O)c2cccc(NC(=O)NC(C)C)c2)cc1. The van der Waals surface area contributed by atoms with E-state index in [1.807, 2.05) is 20.8 Å². The van der Waals surface area contributed by atoms with Gasteiger partial charge in [-0.15, -0.1) is 0 Å². The Kier molecular flexibility index (Phi) is 7.74. The topological polar surface area (TPSA) is 116 Å². The van der Waals surface area contributed by atoms with E-state index in [0.29, 0.717) is 11.3 Å². The molecule has 8 nitrogen and oxygen atoms in total. The number of amides is 3. The molecule has 2 aromatic rings. The van der Waals surface area contributed by atoms with Gasteiger partial charge in [0.05, 0.1) is 4.90 Å². The molecule has 3 amide bonds. The van der Waals surface area contributed by atoms with E-state index in [2.05, 4.69) is 20.7 Å². The van der Waals surface area contributed by atoms with Crippen LogP contribution in [0.3, 0.4) is 0 Å². The van der Waals surface area contributed by atoms with Crippen LogP contribution in [0, 0.1) is 6.92 Å². The average Bonchev–Trinajstić information content (AvgIpc) is 2.65. The number of urea groups is 1. The molecule has 0 saturated carbocycles. The fraction of sp³-hybridized carbons (Fsp3) is 0.300. The number of anilines is 1. The smallest absolute Gasteiger partial charge is 0.319 e. The molecule has 0 radical (unpaired) electrons. The molecule has 2 aromatic carbocycles. The maximum Gasteiger partial charge on any atom is 0.319 e. The van der Waals surface area contributed by atoms with E-state index >= 15 is 0 Å². The quantitative estimate of drug-likeness (QED) is 0.492. The minimum absolute atomic E-state index is 0.00910. The van der Waals surface area contributed by atoms with Crippen molar-refractivity contribution in [2.75, 3.05) is 18.4 Å². The predicted molar refractivity (Wildman–Crippen MR) is 112 cm³/mol. The van der Waals surface area contributed by atoms with Gasteiger partial charge in [-0.1, -0.05) is 23.8 Å². The van der Waals surface area contributed by atoms with Gasteiger partial charge < -0.3 is 16.0 Å². The lowest BCUT2D eigenvalue weighted by atomic mass is 10.2. The van der Waals surface area contributed by atoms with Crippen LogP contribution in [0.5, 0.6) is 0 Å². The molecule has 0 aliphatic rings. The maximum absolute atomic E-state index is 12.3. The van der Waals surface area contributed by atoms with E-state index in [4.69, 9.17) is 0 Å². The second-order valence-corrected chi connectivity index (χ2v) is 8.57. The number of aryl methyl sites for hydroxylation is 1. The summed E-state index contributed by atoms with van der Waals surface area (Å²) in [6, 6.07) is 12.6. The normalized spacial score (nSPS) is 11.2. The summed E-state index contributed by atoms with van der Waals surface area (Å²) in [5, 5.41) is 8.00. The van der Waals surface area contributed by atoms with E-state index < -0.39 is 10.0 Å². The Morgan fingerprint density at radius 2 is 1.69 bits per heavy atom. The zero-order valence-electron chi connectivity index (χ0n) is 16.7. The Morgan fingerprint density at radius 3 is 2.34 bits per heavy atom. The van der Waals surface area contributed by atoms with Gasteiger partial charge in [0.25, 0.3) is 5.91 Å². The van der Waals surface area contributed by atoms with Gasteiger partial charge in [0, 0.05) is 30.4 Å². The minimum Gasteiger partial charge on any atom is -0.351 e. The van der Waals surface area contributed by atoms with Crippen LogP contribution >= 0.6 is 0 Å². The van der Waals surface area contributed by atoms with Crippen LogP contribution in [0.1, 0.15) is 29.8 Å².